The Bertz CT molecular complexity index is 447. The third kappa shape index (κ3) is 2.45. The van der Waals surface area contributed by atoms with E-state index in [1.807, 2.05) is 0 Å². The highest BCUT2D eigenvalue weighted by molar-refractivity contribution is 5.26. The summed E-state index contributed by atoms with van der Waals surface area (Å²) in [6.07, 6.45) is 6.41. The van der Waals surface area contributed by atoms with Crippen molar-refractivity contribution in [1.82, 2.24) is 14.9 Å². The predicted octanol–water partition coefficient (Wildman–Crippen LogP) is 2.98. The zero-order valence-corrected chi connectivity index (χ0v) is 12.6. The average Bonchev–Trinajstić information content (AvgIpc) is 2.79. The van der Waals surface area contributed by atoms with Gasteiger partial charge in [-0.1, -0.05) is 20.8 Å². The number of hydrogen-bond donors (Lipinski definition) is 1. The Balaban J connectivity index is 2.01. The van der Waals surface area contributed by atoms with Crippen molar-refractivity contribution in [2.45, 2.75) is 70.8 Å². The first-order chi connectivity index (χ1) is 9.07. The normalized spacial score (nSPS) is 21.4. The smallest absolute Gasteiger partial charge is 0.114 e. The molecule has 0 bridgehead atoms. The van der Waals surface area contributed by atoms with Gasteiger partial charge in [-0.15, -0.1) is 0 Å². The van der Waals surface area contributed by atoms with Crippen molar-refractivity contribution in [2.24, 2.45) is 0 Å². The third-order valence-corrected chi connectivity index (χ3v) is 4.55. The van der Waals surface area contributed by atoms with Crippen LogP contribution in [0.25, 0.3) is 0 Å². The van der Waals surface area contributed by atoms with Gasteiger partial charge in [0, 0.05) is 23.6 Å². The molecule has 19 heavy (non-hydrogen) atoms. The van der Waals surface area contributed by atoms with E-state index in [2.05, 4.69) is 30.7 Å². The lowest BCUT2D eigenvalue weighted by molar-refractivity contribution is 0.443. The Hall–Kier alpha value is -0.830. The highest BCUT2D eigenvalue weighted by Gasteiger charge is 2.30. The molecule has 0 aromatic carbocycles. The van der Waals surface area contributed by atoms with Crippen LogP contribution in [-0.4, -0.2) is 22.6 Å². The van der Waals surface area contributed by atoms with Crippen molar-refractivity contribution in [3.63, 3.8) is 0 Å². The van der Waals surface area contributed by atoms with E-state index in [0.717, 1.165) is 13.1 Å². The van der Waals surface area contributed by atoms with E-state index in [0.29, 0.717) is 5.92 Å². The lowest BCUT2D eigenvalue weighted by atomic mass is 9.91. The quantitative estimate of drug-likeness (QED) is 0.842. The molecule has 0 atom stereocenters. The largest absolute Gasteiger partial charge is 0.331 e. The van der Waals surface area contributed by atoms with Gasteiger partial charge in [-0.25, -0.2) is 4.98 Å². The summed E-state index contributed by atoms with van der Waals surface area (Å²) in [6, 6.07) is 0. The Kier molecular flexibility index (Phi) is 3.42. The summed E-state index contributed by atoms with van der Waals surface area (Å²) in [5, 5.41) is 3.47. The van der Waals surface area contributed by atoms with Crippen LogP contribution in [0.4, 0.5) is 0 Å². The van der Waals surface area contributed by atoms with E-state index in [1.165, 1.54) is 50.2 Å². The first kappa shape index (κ1) is 13.2. The molecular formula is C16H27N3. The predicted molar refractivity (Wildman–Crippen MR) is 78.7 cm³/mol. The maximum atomic E-state index is 5.12. The Morgan fingerprint density at radius 3 is 2.58 bits per heavy atom. The minimum Gasteiger partial charge on any atom is -0.331 e. The Morgan fingerprint density at radius 1 is 1.16 bits per heavy atom. The molecule has 2 aliphatic rings. The molecule has 1 saturated heterocycles. The van der Waals surface area contributed by atoms with E-state index in [9.17, 15) is 0 Å². The van der Waals surface area contributed by atoms with Gasteiger partial charge in [0.2, 0.25) is 0 Å². The van der Waals surface area contributed by atoms with Gasteiger partial charge in [-0.3, -0.25) is 0 Å². The highest BCUT2D eigenvalue weighted by atomic mass is 15.1. The van der Waals surface area contributed by atoms with E-state index in [-0.39, 0.29) is 5.41 Å². The highest BCUT2D eigenvalue weighted by Crippen LogP contribution is 2.34. The van der Waals surface area contributed by atoms with Gasteiger partial charge in [0.1, 0.15) is 5.82 Å². The SMILES string of the molecule is CC(C)(C)c1nc(C2CCNCC2)c2n1CCCC2. The van der Waals surface area contributed by atoms with Crippen molar-refractivity contribution >= 4 is 0 Å². The molecule has 106 valence electrons. The fourth-order valence-electron chi connectivity index (χ4n) is 3.57. The topological polar surface area (TPSA) is 29.9 Å². The van der Waals surface area contributed by atoms with Crippen molar-refractivity contribution in [3.8, 4) is 0 Å². The van der Waals surface area contributed by atoms with Crippen molar-refractivity contribution in [3.05, 3.63) is 17.2 Å². The fraction of sp³-hybridized carbons (Fsp3) is 0.812. The van der Waals surface area contributed by atoms with Gasteiger partial charge < -0.3 is 9.88 Å². The number of piperidine rings is 1. The third-order valence-electron chi connectivity index (χ3n) is 4.55. The number of aromatic nitrogens is 2. The number of imidazole rings is 1. The summed E-state index contributed by atoms with van der Waals surface area (Å²) < 4.78 is 2.54. The van der Waals surface area contributed by atoms with Crippen LogP contribution in [0.15, 0.2) is 0 Å². The van der Waals surface area contributed by atoms with Gasteiger partial charge in [0.15, 0.2) is 0 Å². The van der Waals surface area contributed by atoms with Crippen LogP contribution in [-0.2, 0) is 18.4 Å². The molecule has 1 aromatic rings. The average molecular weight is 261 g/mol. The molecule has 0 unspecified atom stereocenters. The lowest BCUT2D eigenvalue weighted by Crippen LogP contribution is -2.27. The summed E-state index contributed by atoms with van der Waals surface area (Å²) in [5.41, 5.74) is 3.16. The summed E-state index contributed by atoms with van der Waals surface area (Å²) in [6.45, 7) is 10.4. The molecule has 0 aliphatic carbocycles. The first-order valence-corrected chi connectivity index (χ1v) is 7.88. The fourth-order valence-corrected chi connectivity index (χ4v) is 3.57. The van der Waals surface area contributed by atoms with Crippen LogP contribution in [0.3, 0.4) is 0 Å². The van der Waals surface area contributed by atoms with Gasteiger partial charge in [-0.2, -0.15) is 0 Å². The van der Waals surface area contributed by atoms with Crippen LogP contribution in [0.2, 0.25) is 0 Å². The Morgan fingerprint density at radius 2 is 1.89 bits per heavy atom. The molecule has 1 fully saturated rings. The zero-order valence-electron chi connectivity index (χ0n) is 12.6. The number of nitrogens with zero attached hydrogens (tertiary/aromatic N) is 2. The summed E-state index contributed by atoms with van der Waals surface area (Å²) in [7, 11) is 0. The molecule has 0 spiro atoms. The van der Waals surface area contributed by atoms with Gasteiger partial charge >= 0.3 is 0 Å². The van der Waals surface area contributed by atoms with Gasteiger partial charge in [0.25, 0.3) is 0 Å². The molecule has 0 radical (unpaired) electrons. The number of nitrogens with one attached hydrogen (secondary N) is 1. The monoisotopic (exact) mass is 261 g/mol. The Labute approximate surface area is 116 Å². The van der Waals surface area contributed by atoms with Crippen LogP contribution in [0, 0.1) is 0 Å². The molecule has 0 saturated carbocycles. The number of rotatable bonds is 1. The van der Waals surface area contributed by atoms with Crippen LogP contribution >= 0.6 is 0 Å². The molecule has 1 aromatic heterocycles. The van der Waals surface area contributed by atoms with Crippen molar-refractivity contribution < 1.29 is 0 Å². The van der Waals surface area contributed by atoms with E-state index in [4.69, 9.17) is 4.98 Å². The maximum Gasteiger partial charge on any atom is 0.114 e. The molecule has 2 aliphatic heterocycles. The first-order valence-electron chi connectivity index (χ1n) is 7.88. The van der Waals surface area contributed by atoms with Gasteiger partial charge in [-0.05, 0) is 45.2 Å². The van der Waals surface area contributed by atoms with Crippen molar-refractivity contribution in [1.29, 1.82) is 0 Å². The second kappa shape index (κ2) is 4.93. The maximum absolute atomic E-state index is 5.12. The molecule has 0 amide bonds. The minimum absolute atomic E-state index is 0.164. The zero-order chi connectivity index (χ0) is 13.5. The standard InChI is InChI=1S/C16H27N3/c1-16(2,3)15-18-14(12-7-9-17-10-8-12)13-6-4-5-11-19(13)15/h12,17H,4-11H2,1-3H3. The summed E-state index contributed by atoms with van der Waals surface area (Å²) in [4.78, 5) is 5.12. The molecular weight excluding hydrogens is 234 g/mol. The van der Waals surface area contributed by atoms with Crippen molar-refractivity contribution in [2.75, 3.05) is 13.1 Å². The van der Waals surface area contributed by atoms with E-state index in [1.54, 1.807) is 5.69 Å². The van der Waals surface area contributed by atoms with Gasteiger partial charge in [0.05, 0.1) is 5.69 Å². The summed E-state index contributed by atoms with van der Waals surface area (Å²) in [5.74, 6) is 2.01. The van der Waals surface area contributed by atoms with E-state index >= 15 is 0 Å². The van der Waals surface area contributed by atoms with Crippen LogP contribution in [0.1, 0.15) is 69.6 Å². The lowest BCUT2D eigenvalue weighted by Gasteiger charge is -2.25. The molecule has 3 rings (SSSR count). The second-order valence-corrected chi connectivity index (χ2v) is 7.15. The molecule has 3 heteroatoms. The molecule has 3 nitrogen and oxygen atoms in total. The second-order valence-electron chi connectivity index (χ2n) is 7.15. The van der Waals surface area contributed by atoms with E-state index < -0.39 is 0 Å². The number of hydrogen-bond acceptors (Lipinski definition) is 2. The summed E-state index contributed by atoms with van der Waals surface area (Å²) >= 11 is 0. The van der Waals surface area contributed by atoms with Crippen LogP contribution < -0.4 is 5.32 Å². The number of fused-ring (bicyclic) bond motifs is 1. The molecule has 1 N–H and O–H groups in total. The van der Waals surface area contributed by atoms with Crippen LogP contribution in [0.5, 0.6) is 0 Å². The minimum atomic E-state index is 0.164. The molecule has 3 heterocycles.